The van der Waals surface area contributed by atoms with E-state index >= 15 is 0 Å². The number of benzene rings is 2. The predicted octanol–water partition coefficient (Wildman–Crippen LogP) is 4.06. The van der Waals surface area contributed by atoms with Crippen molar-refractivity contribution in [2.45, 2.75) is 13.0 Å². The summed E-state index contributed by atoms with van der Waals surface area (Å²) in [6, 6.07) is 15.8. The van der Waals surface area contributed by atoms with Crippen LogP contribution in [-0.4, -0.2) is 23.4 Å². The standard InChI is InChI=1S/C20H18FN3O2/c21-16-7-5-14(6-8-16)17-9-10-19(24-23-17)22-13-15-3-1-4-18-20(15)26-12-2-11-25-18/h1,3-10H,2,11-13H2,(H,22,24). The van der Waals surface area contributed by atoms with Crippen molar-refractivity contribution in [1.29, 1.82) is 0 Å². The molecule has 1 aromatic heterocycles. The van der Waals surface area contributed by atoms with Crippen molar-refractivity contribution < 1.29 is 13.9 Å². The number of nitrogens with zero attached hydrogens (tertiary/aromatic N) is 2. The second-order valence-corrected chi connectivity index (χ2v) is 5.96. The third-order valence-electron chi connectivity index (χ3n) is 4.12. The monoisotopic (exact) mass is 351 g/mol. The van der Waals surface area contributed by atoms with Crippen molar-refractivity contribution in [3.8, 4) is 22.8 Å². The van der Waals surface area contributed by atoms with E-state index in [1.54, 1.807) is 12.1 Å². The predicted molar refractivity (Wildman–Crippen MR) is 96.8 cm³/mol. The zero-order valence-electron chi connectivity index (χ0n) is 14.1. The highest BCUT2D eigenvalue weighted by atomic mass is 19.1. The van der Waals surface area contributed by atoms with Gasteiger partial charge in [0, 0.05) is 24.1 Å². The maximum Gasteiger partial charge on any atom is 0.166 e. The van der Waals surface area contributed by atoms with Gasteiger partial charge in [-0.15, -0.1) is 10.2 Å². The summed E-state index contributed by atoms with van der Waals surface area (Å²) in [6.07, 6.45) is 0.873. The van der Waals surface area contributed by atoms with Gasteiger partial charge in [-0.1, -0.05) is 12.1 Å². The summed E-state index contributed by atoms with van der Waals surface area (Å²) in [7, 11) is 0. The third-order valence-corrected chi connectivity index (χ3v) is 4.12. The number of fused-ring (bicyclic) bond motifs is 1. The molecule has 0 amide bonds. The Bertz CT molecular complexity index is 883. The fourth-order valence-corrected chi connectivity index (χ4v) is 2.78. The summed E-state index contributed by atoms with van der Waals surface area (Å²) in [5, 5.41) is 11.6. The van der Waals surface area contributed by atoms with Crippen LogP contribution in [0.2, 0.25) is 0 Å². The Morgan fingerprint density at radius 2 is 1.77 bits per heavy atom. The molecule has 3 aromatic rings. The van der Waals surface area contributed by atoms with Crippen LogP contribution in [0.5, 0.6) is 11.5 Å². The largest absolute Gasteiger partial charge is 0.490 e. The summed E-state index contributed by atoms with van der Waals surface area (Å²) in [6.45, 7) is 1.87. The van der Waals surface area contributed by atoms with Crippen LogP contribution in [0.4, 0.5) is 10.2 Å². The van der Waals surface area contributed by atoms with Crippen molar-refractivity contribution >= 4 is 5.82 Å². The topological polar surface area (TPSA) is 56.3 Å². The summed E-state index contributed by atoms with van der Waals surface area (Å²) in [4.78, 5) is 0. The summed E-state index contributed by atoms with van der Waals surface area (Å²) < 4.78 is 24.5. The van der Waals surface area contributed by atoms with Gasteiger partial charge in [0.15, 0.2) is 11.5 Å². The van der Waals surface area contributed by atoms with E-state index in [0.717, 1.165) is 29.0 Å². The van der Waals surface area contributed by atoms with Crippen molar-refractivity contribution in [2.24, 2.45) is 0 Å². The molecule has 2 aromatic carbocycles. The Kier molecular flexibility index (Phi) is 4.64. The Morgan fingerprint density at radius 3 is 2.58 bits per heavy atom. The number of rotatable bonds is 4. The molecule has 4 rings (SSSR count). The van der Waals surface area contributed by atoms with Crippen LogP contribution in [0.3, 0.4) is 0 Å². The molecule has 132 valence electrons. The average molecular weight is 351 g/mol. The van der Waals surface area contributed by atoms with Crippen LogP contribution in [0.15, 0.2) is 54.6 Å². The SMILES string of the molecule is Fc1ccc(-c2ccc(NCc3cccc4c3OCCCO4)nn2)cc1. The van der Waals surface area contributed by atoms with Gasteiger partial charge in [0.2, 0.25) is 0 Å². The molecule has 1 aliphatic rings. The summed E-state index contributed by atoms with van der Waals surface area (Å²) in [5.74, 6) is 1.95. The maximum atomic E-state index is 13.0. The fraction of sp³-hybridized carbons (Fsp3) is 0.200. The van der Waals surface area contributed by atoms with E-state index in [-0.39, 0.29) is 5.82 Å². The van der Waals surface area contributed by atoms with E-state index < -0.39 is 0 Å². The van der Waals surface area contributed by atoms with Gasteiger partial charge in [-0.3, -0.25) is 0 Å². The summed E-state index contributed by atoms with van der Waals surface area (Å²) in [5.41, 5.74) is 2.53. The van der Waals surface area contributed by atoms with Gasteiger partial charge in [-0.05, 0) is 42.5 Å². The molecule has 26 heavy (non-hydrogen) atoms. The van der Waals surface area contributed by atoms with E-state index in [9.17, 15) is 4.39 Å². The molecule has 0 saturated heterocycles. The average Bonchev–Trinajstić information content (AvgIpc) is 2.93. The number of nitrogens with one attached hydrogen (secondary N) is 1. The lowest BCUT2D eigenvalue weighted by Gasteiger charge is -2.13. The molecular formula is C20H18FN3O2. The molecule has 0 spiro atoms. The first kappa shape index (κ1) is 16.3. The van der Waals surface area contributed by atoms with Crippen LogP contribution in [0, 0.1) is 5.82 Å². The molecule has 0 saturated carbocycles. The maximum absolute atomic E-state index is 13.0. The quantitative estimate of drug-likeness (QED) is 0.768. The van der Waals surface area contributed by atoms with Gasteiger partial charge < -0.3 is 14.8 Å². The van der Waals surface area contributed by atoms with E-state index in [2.05, 4.69) is 15.5 Å². The molecule has 6 heteroatoms. The van der Waals surface area contributed by atoms with Crippen LogP contribution in [0.25, 0.3) is 11.3 Å². The van der Waals surface area contributed by atoms with Crippen LogP contribution >= 0.6 is 0 Å². The van der Waals surface area contributed by atoms with Gasteiger partial charge >= 0.3 is 0 Å². The second kappa shape index (κ2) is 7.39. The van der Waals surface area contributed by atoms with Gasteiger partial charge in [-0.2, -0.15) is 0 Å². The van der Waals surface area contributed by atoms with Crippen molar-refractivity contribution in [3.63, 3.8) is 0 Å². The molecule has 0 atom stereocenters. The molecule has 0 fully saturated rings. The molecule has 5 nitrogen and oxygen atoms in total. The molecule has 0 bridgehead atoms. The van der Waals surface area contributed by atoms with Crippen molar-refractivity contribution in [1.82, 2.24) is 10.2 Å². The van der Waals surface area contributed by atoms with E-state index in [4.69, 9.17) is 9.47 Å². The fourth-order valence-electron chi connectivity index (χ4n) is 2.78. The Labute approximate surface area is 150 Å². The van der Waals surface area contributed by atoms with Crippen molar-refractivity contribution in [2.75, 3.05) is 18.5 Å². The number of hydrogen-bond acceptors (Lipinski definition) is 5. The van der Waals surface area contributed by atoms with Crippen LogP contribution in [-0.2, 0) is 6.54 Å². The molecule has 0 aliphatic carbocycles. The van der Waals surface area contributed by atoms with E-state index in [0.29, 0.717) is 31.3 Å². The molecule has 1 aliphatic heterocycles. The van der Waals surface area contributed by atoms with Crippen LogP contribution in [0.1, 0.15) is 12.0 Å². The van der Waals surface area contributed by atoms with Crippen LogP contribution < -0.4 is 14.8 Å². The highest BCUT2D eigenvalue weighted by Crippen LogP contribution is 2.33. The number of anilines is 1. The van der Waals surface area contributed by atoms with Gasteiger partial charge in [0.25, 0.3) is 0 Å². The number of ether oxygens (including phenoxy) is 2. The smallest absolute Gasteiger partial charge is 0.166 e. The lowest BCUT2D eigenvalue weighted by molar-refractivity contribution is 0.296. The Balaban J connectivity index is 1.46. The number of para-hydroxylation sites is 1. The van der Waals surface area contributed by atoms with Gasteiger partial charge in [-0.25, -0.2) is 4.39 Å². The first-order valence-electron chi connectivity index (χ1n) is 8.50. The lowest BCUT2D eigenvalue weighted by Crippen LogP contribution is -2.05. The highest BCUT2D eigenvalue weighted by Gasteiger charge is 2.14. The van der Waals surface area contributed by atoms with Crippen molar-refractivity contribution in [3.05, 3.63) is 66.0 Å². The highest BCUT2D eigenvalue weighted by molar-refractivity contribution is 5.59. The first-order chi connectivity index (χ1) is 12.8. The normalized spacial score (nSPS) is 13.1. The second-order valence-electron chi connectivity index (χ2n) is 5.96. The first-order valence-corrected chi connectivity index (χ1v) is 8.50. The van der Waals surface area contributed by atoms with E-state index in [1.165, 1.54) is 12.1 Å². The number of hydrogen-bond donors (Lipinski definition) is 1. The molecular weight excluding hydrogens is 333 g/mol. The zero-order chi connectivity index (χ0) is 17.8. The molecule has 0 radical (unpaired) electrons. The molecule has 0 unspecified atom stereocenters. The minimum absolute atomic E-state index is 0.270. The number of halogens is 1. The van der Waals surface area contributed by atoms with E-state index in [1.807, 2.05) is 30.3 Å². The Morgan fingerprint density at radius 1 is 0.923 bits per heavy atom. The lowest BCUT2D eigenvalue weighted by atomic mass is 10.1. The number of aromatic nitrogens is 2. The zero-order valence-corrected chi connectivity index (χ0v) is 14.1. The third kappa shape index (κ3) is 3.59. The minimum atomic E-state index is -0.270. The summed E-state index contributed by atoms with van der Waals surface area (Å²) >= 11 is 0. The van der Waals surface area contributed by atoms with Gasteiger partial charge in [0.05, 0.1) is 18.9 Å². The Hall–Kier alpha value is -3.15. The molecule has 2 heterocycles. The van der Waals surface area contributed by atoms with Gasteiger partial charge in [0.1, 0.15) is 11.6 Å². The molecule has 1 N–H and O–H groups in total. The minimum Gasteiger partial charge on any atom is -0.490 e.